The lowest BCUT2D eigenvalue weighted by atomic mass is 10.2. The van der Waals surface area contributed by atoms with Crippen molar-refractivity contribution in [1.29, 1.82) is 0 Å². The molecule has 0 rings (SSSR count). The predicted molar refractivity (Wildman–Crippen MR) is 326 cm³/mol. The van der Waals surface area contributed by atoms with Gasteiger partial charge in [0.1, 0.15) is 6.29 Å². The van der Waals surface area contributed by atoms with Gasteiger partial charge >= 0.3 is 0 Å². The highest BCUT2D eigenvalue weighted by atomic mass is 16.1. The Morgan fingerprint density at radius 3 is 0.500 bits per heavy atom. The molecule has 0 aliphatic carbocycles. The van der Waals surface area contributed by atoms with Crippen LogP contribution in [0.25, 0.3) is 0 Å². The fraction of sp³-hybridized carbons (Fsp3) is 0.741. The number of allylic oxidation sites excluding steroid dienone is 7. The summed E-state index contributed by atoms with van der Waals surface area (Å²) >= 11 is 0. The molecule has 0 radical (unpaired) electrons. The fourth-order valence-electron chi connectivity index (χ4n) is 0.677. The van der Waals surface area contributed by atoms with Crippen LogP contribution in [0, 0.1) is 0 Å². The maximum atomic E-state index is 8.81. The van der Waals surface area contributed by atoms with Crippen molar-refractivity contribution >= 4 is 6.29 Å². The third-order valence-corrected chi connectivity index (χ3v) is 5.05. The minimum Gasteiger partial charge on any atom is -0.403 e. The molecule has 0 aliphatic rings. The molecule has 0 spiro atoms. The molecule has 0 bridgehead atoms. The van der Waals surface area contributed by atoms with Gasteiger partial charge in [0.05, 0.1) is 0 Å². The zero-order valence-corrected chi connectivity index (χ0v) is 52.7. The van der Waals surface area contributed by atoms with Crippen LogP contribution in [0.15, 0.2) is 85.3 Å². The van der Waals surface area contributed by atoms with Gasteiger partial charge in [-0.3, -0.25) is 0 Å². The van der Waals surface area contributed by atoms with Gasteiger partial charge in [0.15, 0.2) is 0 Å². The van der Waals surface area contributed by atoms with Gasteiger partial charge in [-0.1, -0.05) is 241 Å². The largest absolute Gasteiger partial charge is 0.403 e. The van der Waals surface area contributed by atoms with E-state index in [2.05, 4.69) is 118 Å². The fourth-order valence-corrected chi connectivity index (χ4v) is 0.677. The molecule has 0 saturated heterocycles. The molecule has 0 heterocycles. The Kier molecular flexibility index (Phi) is 504. The van der Waals surface area contributed by atoms with E-state index in [1.807, 2.05) is 159 Å². The lowest BCUT2D eigenvalue weighted by Gasteiger charge is -1.94. The van der Waals surface area contributed by atoms with E-state index >= 15 is 0 Å². The van der Waals surface area contributed by atoms with Crippen LogP contribution >= 0.6 is 0 Å². The van der Waals surface area contributed by atoms with Crippen LogP contribution in [0.2, 0.25) is 0 Å². The Hall–Kier alpha value is -2.67. The minimum atomic E-state index is 0. The van der Waals surface area contributed by atoms with Crippen molar-refractivity contribution in [1.82, 2.24) is 11.5 Å². The van der Waals surface area contributed by atoms with Crippen molar-refractivity contribution < 1.29 is 4.79 Å². The first-order valence-corrected chi connectivity index (χ1v) is 25.5. The molecular weight excluding hydrogens is 783 g/mol. The molecule has 6 heteroatoms. The molecule has 0 atom stereocenters. The zero-order valence-electron chi connectivity index (χ0n) is 52.7. The Labute approximate surface area is 417 Å². The van der Waals surface area contributed by atoms with Crippen LogP contribution in [0.3, 0.4) is 0 Å². The second kappa shape index (κ2) is 247. The van der Waals surface area contributed by atoms with E-state index in [-0.39, 0.29) is 6.15 Å². The number of nitrogens with two attached hydrogens (primary N) is 3. The van der Waals surface area contributed by atoms with Crippen LogP contribution in [0.5, 0.6) is 0 Å². The van der Waals surface area contributed by atoms with Gasteiger partial charge in [0.2, 0.25) is 0 Å². The molecule has 0 aromatic heterocycles. The highest BCUT2D eigenvalue weighted by Gasteiger charge is 1.79. The first-order chi connectivity index (χ1) is 29.9. The van der Waals surface area contributed by atoms with Crippen molar-refractivity contribution in [3.63, 3.8) is 0 Å². The summed E-state index contributed by atoms with van der Waals surface area (Å²) in [5.74, 6) is 0. The number of carbonyl (C=O) groups excluding carboxylic acids is 1. The SMILES string of the molecule is C=C(C)CC.C=C(C)CC.C=C(C)CC.C=C(CC)CC.C=C(CC)CC.C=C(CC)NC.C=C(N)CC.CC.CC.CC.CC.CC.CC.CC.CC.CC.CC=O.CN.CN.N. The summed E-state index contributed by atoms with van der Waals surface area (Å²) in [7, 11) is 4.88. The molecule has 0 aromatic carbocycles. The Morgan fingerprint density at radius 2 is 0.500 bits per heavy atom. The molecule has 0 unspecified atom stereocenters. The third-order valence-electron chi connectivity index (χ3n) is 5.05. The van der Waals surface area contributed by atoms with Gasteiger partial charge < -0.3 is 33.5 Å². The van der Waals surface area contributed by atoms with Crippen molar-refractivity contribution in [2.75, 3.05) is 21.1 Å². The molecule has 6 nitrogen and oxygen atoms in total. The monoisotopic (exact) mass is 928 g/mol. The van der Waals surface area contributed by atoms with Crippen LogP contribution < -0.4 is 28.7 Å². The maximum Gasteiger partial charge on any atom is 0.116 e. The van der Waals surface area contributed by atoms with Crippen LogP contribution in [0.1, 0.15) is 272 Å². The molecule has 0 fully saturated rings. The normalized spacial score (nSPS) is 5.88. The average Bonchev–Trinajstić information content (AvgIpc) is 3.38. The summed E-state index contributed by atoms with van der Waals surface area (Å²) < 4.78 is 0. The molecule has 408 valence electrons. The Balaban J connectivity index is -0.0000000181. The van der Waals surface area contributed by atoms with E-state index in [0.29, 0.717) is 0 Å². The molecule has 0 aliphatic heterocycles. The minimum absolute atomic E-state index is 0. The topological polar surface area (TPSA) is 142 Å². The van der Waals surface area contributed by atoms with E-state index in [0.717, 1.165) is 75.5 Å². The molecule has 0 aromatic rings. The van der Waals surface area contributed by atoms with Gasteiger partial charge in [0, 0.05) is 18.4 Å². The summed E-state index contributed by atoms with van der Waals surface area (Å²) in [6, 6.07) is 0. The van der Waals surface area contributed by atoms with E-state index in [1.165, 1.54) is 48.9 Å². The van der Waals surface area contributed by atoms with Gasteiger partial charge in [-0.15, -0.1) is 19.7 Å². The third kappa shape index (κ3) is 672. The first-order valence-electron chi connectivity index (χ1n) is 25.5. The number of hydrogen-bond donors (Lipinski definition) is 5. The summed E-state index contributed by atoms with van der Waals surface area (Å²) in [4.78, 5) is 8.81. The van der Waals surface area contributed by atoms with E-state index in [1.54, 1.807) is 0 Å². The van der Waals surface area contributed by atoms with Gasteiger partial charge in [-0.25, -0.2) is 0 Å². The van der Waals surface area contributed by atoms with Crippen molar-refractivity contribution in [2.24, 2.45) is 17.2 Å². The lowest BCUT2D eigenvalue weighted by molar-refractivity contribution is -0.106. The molecular formula is C58H145N5O. The molecule has 64 heavy (non-hydrogen) atoms. The van der Waals surface area contributed by atoms with E-state index in [9.17, 15) is 0 Å². The van der Waals surface area contributed by atoms with Crippen LogP contribution in [-0.4, -0.2) is 27.4 Å². The van der Waals surface area contributed by atoms with Crippen molar-refractivity contribution in [3.8, 4) is 0 Å². The number of hydrogen-bond acceptors (Lipinski definition) is 6. The predicted octanol–water partition coefficient (Wildman–Crippen LogP) is 21.4. The van der Waals surface area contributed by atoms with Gasteiger partial charge in [0.25, 0.3) is 0 Å². The number of carbonyl (C=O) groups is 1. The lowest BCUT2D eigenvalue weighted by Crippen LogP contribution is -2.01. The number of aldehydes is 1. The number of nitrogens with one attached hydrogen (secondary N) is 1. The first kappa shape index (κ1) is 131. The van der Waals surface area contributed by atoms with Crippen molar-refractivity contribution in [2.45, 2.75) is 272 Å². The highest BCUT2D eigenvalue weighted by Crippen LogP contribution is 1.99. The second-order valence-corrected chi connectivity index (χ2v) is 9.30. The summed E-state index contributed by atoms with van der Waals surface area (Å²) in [5, 5.41) is 2.92. The molecule has 0 amide bonds. The van der Waals surface area contributed by atoms with Crippen LogP contribution in [-0.2, 0) is 4.79 Å². The Bertz CT molecular complexity index is 527. The van der Waals surface area contributed by atoms with Gasteiger partial charge in [-0.05, 0) is 99.6 Å². The summed E-state index contributed by atoms with van der Waals surface area (Å²) in [6.45, 7) is 88.1. The number of rotatable bonds is 10. The standard InChI is InChI=1S/2C6H12.C5H11N.3C5H10.C4H9N.C2H4O.9C2H6.2CH5N.H3N/c2*1-4-6(3)5-2;1-4-5(2)6-3;3*1-4-5(2)3;1-3-4(2)5;1-2-3;11*1-2;/h2*3-5H2,1-2H3;6H,2,4H2,1,3H3;3*2,4H2,1,3H3;2-3,5H2,1H3;2H,1H3;9*1-2H3;2*2H2,1H3;1H3. The van der Waals surface area contributed by atoms with Crippen LogP contribution in [0.4, 0.5) is 0 Å². The smallest absolute Gasteiger partial charge is 0.116 e. The van der Waals surface area contributed by atoms with E-state index in [4.69, 9.17) is 10.5 Å². The zero-order chi connectivity index (χ0) is 56.8. The second-order valence-electron chi connectivity index (χ2n) is 9.30. The summed E-state index contributed by atoms with van der Waals surface area (Å²) in [5.41, 5.74) is 22.4. The highest BCUT2D eigenvalue weighted by molar-refractivity contribution is 5.44. The van der Waals surface area contributed by atoms with E-state index < -0.39 is 0 Å². The average molecular weight is 929 g/mol. The van der Waals surface area contributed by atoms with Gasteiger partial charge in [-0.2, -0.15) is 0 Å². The molecule has 10 N–H and O–H groups in total. The summed E-state index contributed by atoms with van der Waals surface area (Å²) in [6.07, 6.45) is 10.5. The maximum absolute atomic E-state index is 8.81. The Morgan fingerprint density at radius 1 is 0.391 bits per heavy atom. The molecule has 0 saturated carbocycles. The quantitative estimate of drug-likeness (QED) is 0.109. The van der Waals surface area contributed by atoms with Crippen molar-refractivity contribution in [3.05, 3.63) is 85.3 Å².